The first-order valence-electron chi connectivity index (χ1n) is 8.68. The molecule has 1 saturated carbocycles. The number of aryl methyl sites for hydroxylation is 1. The Bertz CT molecular complexity index is 518. The number of hydrogen-bond donors (Lipinski definition) is 2. The zero-order valence-electron chi connectivity index (χ0n) is 14.1. The Balaban J connectivity index is 1.68. The third kappa shape index (κ3) is 6.78. The highest BCUT2D eigenvalue weighted by molar-refractivity contribution is 5.26. The fraction of sp³-hybridized carbons (Fsp3) is 0.684. The van der Waals surface area contributed by atoms with E-state index >= 15 is 0 Å². The summed E-state index contributed by atoms with van der Waals surface area (Å²) in [5, 5.41) is 9.15. The van der Waals surface area contributed by atoms with E-state index in [-0.39, 0.29) is 6.61 Å². The lowest BCUT2D eigenvalue weighted by Crippen LogP contribution is -2.40. The maximum absolute atomic E-state index is 9.15. The summed E-state index contributed by atoms with van der Waals surface area (Å²) in [6.45, 7) is 2.51. The second kappa shape index (κ2) is 9.12. The summed E-state index contributed by atoms with van der Waals surface area (Å²) in [6.07, 6.45) is 8.90. The van der Waals surface area contributed by atoms with Gasteiger partial charge in [0.15, 0.2) is 5.76 Å². The van der Waals surface area contributed by atoms with Gasteiger partial charge in [-0.1, -0.05) is 25.2 Å². The van der Waals surface area contributed by atoms with Crippen LogP contribution in [0.2, 0.25) is 0 Å². The van der Waals surface area contributed by atoms with Gasteiger partial charge in [0.2, 0.25) is 0 Å². The van der Waals surface area contributed by atoms with Gasteiger partial charge in [-0.2, -0.15) is 0 Å². The number of aliphatic hydroxyl groups excluding tert-OH is 1. The summed E-state index contributed by atoms with van der Waals surface area (Å²) >= 11 is 0. The number of nitrogens with two attached hydrogens (primary N) is 1. The molecule has 1 aliphatic rings. The van der Waals surface area contributed by atoms with Crippen LogP contribution in [0, 0.1) is 11.8 Å². The van der Waals surface area contributed by atoms with E-state index in [1.54, 1.807) is 0 Å². The molecule has 1 aromatic heterocycles. The fourth-order valence-electron chi connectivity index (χ4n) is 2.73. The van der Waals surface area contributed by atoms with Crippen LogP contribution in [0.5, 0.6) is 0 Å². The van der Waals surface area contributed by atoms with E-state index in [0.717, 1.165) is 12.2 Å². The van der Waals surface area contributed by atoms with Crippen molar-refractivity contribution in [1.82, 2.24) is 0 Å². The molecule has 0 radical (unpaired) electrons. The van der Waals surface area contributed by atoms with Crippen LogP contribution in [-0.4, -0.2) is 30.0 Å². The minimum atomic E-state index is -0.560. The third-order valence-corrected chi connectivity index (χ3v) is 4.31. The van der Waals surface area contributed by atoms with Crippen LogP contribution in [-0.2, 0) is 11.2 Å². The summed E-state index contributed by atoms with van der Waals surface area (Å²) in [4.78, 5) is 0. The molecule has 1 atom stereocenters. The number of aliphatic hydroxyl groups is 1. The predicted octanol–water partition coefficient (Wildman–Crippen LogP) is 3.01. The molecule has 4 nitrogen and oxygen atoms in total. The molecule has 4 heteroatoms. The van der Waals surface area contributed by atoms with Gasteiger partial charge in [0.05, 0.1) is 19.3 Å². The quantitative estimate of drug-likeness (QED) is 0.599. The van der Waals surface area contributed by atoms with E-state index in [1.807, 2.05) is 19.1 Å². The largest absolute Gasteiger partial charge is 0.453 e. The average molecular weight is 319 g/mol. The van der Waals surface area contributed by atoms with Crippen LogP contribution in [0.15, 0.2) is 16.5 Å². The first-order chi connectivity index (χ1) is 11.1. The molecular weight excluding hydrogens is 290 g/mol. The number of furan rings is 1. The highest BCUT2D eigenvalue weighted by atomic mass is 16.5. The van der Waals surface area contributed by atoms with Gasteiger partial charge in [-0.15, -0.1) is 0 Å². The van der Waals surface area contributed by atoms with Crippen LogP contribution in [0.25, 0.3) is 0 Å². The van der Waals surface area contributed by atoms with E-state index in [2.05, 4.69) is 11.8 Å². The molecule has 1 fully saturated rings. The van der Waals surface area contributed by atoms with E-state index in [1.165, 1.54) is 32.1 Å². The van der Waals surface area contributed by atoms with Crippen molar-refractivity contribution in [3.63, 3.8) is 0 Å². The molecule has 1 heterocycles. The van der Waals surface area contributed by atoms with Gasteiger partial charge in [-0.05, 0) is 44.2 Å². The average Bonchev–Trinajstić information content (AvgIpc) is 3.02. The van der Waals surface area contributed by atoms with Gasteiger partial charge in [0.1, 0.15) is 5.76 Å². The van der Waals surface area contributed by atoms with E-state index in [0.29, 0.717) is 31.3 Å². The molecule has 0 saturated heterocycles. The van der Waals surface area contributed by atoms with Gasteiger partial charge in [-0.25, -0.2) is 0 Å². The van der Waals surface area contributed by atoms with Crippen molar-refractivity contribution in [3.05, 3.63) is 23.7 Å². The normalized spacial score (nSPS) is 18.2. The first kappa shape index (κ1) is 18.1. The molecule has 3 N–H and O–H groups in total. The van der Waals surface area contributed by atoms with Crippen LogP contribution >= 0.6 is 0 Å². The van der Waals surface area contributed by atoms with Crippen molar-refractivity contribution in [2.75, 3.05) is 13.2 Å². The maximum Gasteiger partial charge on any atom is 0.177 e. The lowest BCUT2D eigenvalue weighted by Gasteiger charge is -2.21. The number of rotatable bonds is 7. The second-order valence-corrected chi connectivity index (χ2v) is 6.76. The molecule has 0 amide bonds. The molecular formula is C19H29NO3. The van der Waals surface area contributed by atoms with E-state index in [4.69, 9.17) is 20.0 Å². The Morgan fingerprint density at radius 3 is 2.87 bits per heavy atom. The third-order valence-electron chi connectivity index (χ3n) is 4.31. The highest BCUT2D eigenvalue weighted by Crippen LogP contribution is 2.20. The monoisotopic (exact) mass is 319 g/mol. The molecule has 0 aromatic carbocycles. The van der Waals surface area contributed by atoms with Gasteiger partial charge in [0.25, 0.3) is 0 Å². The Morgan fingerprint density at radius 1 is 1.35 bits per heavy atom. The van der Waals surface area contributed by atoms with Crippen LogP contribution < -0.4 is 5.73 Å². The number of ether oxygens (including phenoxy) is 1. The standard InChI is InChI=1S/C19H29NO3/c1-19(20,15-21)13-12-18-11-10-17(23-18)9-5-6-14-22-16-7-3-2-4-8-16/h10-11,16,21H,2-4,6-8,12-15,20H2,1H3. The summed E-state index contributed by atoms with van der Waals surface area (Å²) in [5.74, 6) is 7.68. The SMILES string of the molecule is CC(N)(CO)CCc1ccc(C#CCCOC2CCCCC2)o1. The Kier molecular flexibility index (Phi) is 7.16. The smallest absolute Gasteiger partial charge is 0.177 e. The van der Waals surface area contributed by atoms with Gasteiger partial charge < -0.3 is 20.0 Å². The second-order valence-electron chi connectivity index (χ2n) is 6.76. The topological polar surface area (TPSA) is 68.6 Å². The van der Waals surface area contributed by atoms with E-state index < -0.39 is 5.54 Å². The number of hydrogen-bond acceptors (Lipinski definition) is 4. The van der Waals surface area contributed by atoms with Crippen LogP contribution in [0.3, 0.4) is 0 Å². The minimum absolute atomic E-state index is 0.0264. The van der Waals surface area contributed by atoms with Crippen molar-refractivity contribution in [2.45, 2.75) is 69.9 Å². The van der Waals surface area contributed by atoms with Gasteiger partial charge >= 0.3 is 0 Å². The molecule has 2 rings (SSSR count). The molecule has 1 aliphatic carbocycles. The minimum Gasteiger partial charge on any atom is -0.453 e. The zero-order chi connectivity index (χ0) is 16.5. The van der Waals surface area contributed by atoms with E-state index in [9.17, 15) is 0 Å². The predicted molar refractivity (Wildman–Crippen MR) is 91.0 cm³/mol. The molecule has 1 aromatic rings. The zero-order valence-corrected chi connectivity index (χ0v) is 14.1. The molecule has 128 valence electrons. The van der Waals surface area contributed by atoms with Crippen molar-refractivity contribution in [1.29, 1.82) is 0 Å². The summed E-state index contributed by atoms with van der Waals surface area (Å²) in [6, 6.07) is 3.81. The molecule has 0 bridgehead atoms. The maximum atomic E-state index is 9.15. The summed E-state index contributed by atoms with van der Waals surface area (Å²) in [7, 11) is 0. The van der Waals surface area contributed by atoms with Crippen molar-refractivity contribution in [3.8, 4) is 11.8 Å². The summed E-state index contributed by atoms with van der Waals surface area (Å²) < 4.78 is 11.5. The van der Waals surface area contributed by atoms with Crippen molar-refractivity contribution >= 4 is 0 Å². The Hall–Kier alpha value is -1.28. The lowest BCUT2D eigenvalue weighted by atomic mass is 9.98. The molecule has 23 heavy (non-hydrogen) atoms. The fourth-order valence-corrected chi connectivity index (χ4v) is 2.73. The van der Waals surface area contributed by atoms with Crippen molar-refractivity contribution in [2.24, 2.45) is 5.73 Å². The summed E-state index contributed by atoms with van der Waals surface area (Å²) in [5.41, 5.74) is 5.35. The van der Waals surface area contributed by atoms with Gasteiger partial charge in [-0.3, -0.25) is 0 Å². The first-order valence-corrected chi connectivity index (χ1v) is 8.68. The highest BCUT2D eigenvalue weighted by Gasteiger charge is 2.17. The lowest BCUT2D eigenvalue weighted by molar-refractivity contribution is 0.0320. The van der Waals surface area contributed by atoms with Gasteiger partial charge in [0, 0.05) is 18.4 Å². The Morgan fingerprint density at radius 2 is 2.13 bits per heavy atom. The van der Waals surface area contributed by atoms with Crippen LogP contribution in [0.4, 0.5) is 0 Å². The Labute approximate surface area is 139 Å². The molecule has 1 unspecified atom stereocenters. The molecule has 0 aliphatic heterocycles. The van der Waals surface area contributed by atoms with Crippen molar-refractivity contribution < 1.29 is 14.3 Å². The van der Waals surface area contributed by atoms with Crippen LogP contribution in [0.1, 0.15) is 63.4 Å². The molecule has 0 spiro atoms.